The molecule has 0 saturated carbocycles. The fraction of sp³-hybridized carbons (Fsp3) is 0.788. The van der Waals surface area contributed by atoms with Crippen LogP contribution in [0.5, 0.6) is 69.0 Å². The standard InChI is InChI=1S/C118H204O14/c1-10-19-28-37-46-55-64-73-82-121-106-91-102(92-107(122-83-74-65-56-47-38-29-20-11-2)114(106)127-88-79-70-61-52-43-34-25-16-7)99-130-112-97-105(118(119)120)98-113(131-100-103-93-108(123-84-75-66-57-48-39-30-21-12-3)115(128-89-80-71-62-53-44-35-26-17-8)109(94-103)124-85-76-67-58-49-40-31-22-13-4)117(112)132-101-104-95-110(125-86-77-68-59-50-41-32-23-14-5)116(129-90-81-72-63-54-45-36-27-18-9)111(96-104)126-87-78-69-60-51-42-33-24-15-6/h91-98H,10-90,99-101H2,1-9H3,(H,119,120). The Morgan fingerprint density at radius 2 is 0.295 bits per heavy atom. The quantitative estimate of drug-likeness (QED) is 0.0418. The second-order valence-electron chi connectivity index (χ2n) is 38.6. The minimum atomic E-state index is -1.13. The first-order chi connectivity index (χ1) is 65.2. The molecule has 760 valence electrons. The normalized spacial score (nSPS) is 11.4. The van der Waals surface area contributed by atoms with E-state index in [9.17, 15) is 9.90 Å². The lowest BCUT2D eigenvalue weighted by Crippen LogP contribution is -2.10. The van der Waals surface area contributed by atoms with Gasteiger partial charge in [-0.2, -0.15) is 0 Å². The molecule has 0 saturated heterocycles. The summed E-state index contributed by atoms with van der Waals surface area (Å²) in [5.74, 6) is 5.21. The van der Waals surface area contributed by atoms with Crippen molar-refractivity contribution in [3.8, 4) is 69.0 Å². The number of hydrogen-bond donors (Lipinski definition) is 1. The van der Waals surface area contributed by atoms with Crippen LogP contribution < -0.4 is 56.8 Å². The summed E-state index contributed by atoms with van der Waals surface area (Å²) in [6.07, 6.45) is 85.6. The molecule has 0 radical (unpaired) electrons. The lowest BCUT2D eigenvalue weighted by Gasteiger charge is -2.22. The van der Waals surface area contributed by atoms with E-state index in [2.05, 4.69) is 74.4 Å². The van der Waals surface area contributed by atoms with E-state index in [1.54, 1.807) is 12.1 Å². The van der Waals surface area contributed by atoms with Crippen LogP contribution in [-0.2, 0) is 19.8 Å². The van der Waals surface area contributed by atoms with Crippen molar-refractivity contribution in [3.05, 3.63) is 70.8 Å². The highest BCUT2D eigenvalue weighted by molar-refractivity contribution is 5.89. The third-order valence-corrected chi connectivity index (χ3v) is 25.9. The second kappa shape index (κ2) is 86.5. The molecule has 0 aliphatic heterocycles. The van der Waals surface area contributed by atoms with E-state index in [0.29, 0.717) is 111 Å². The van der Waals surface area contributed by atoms with Gasteiger partial charge in [-0.15, -0.1) is 0 Å². The molecular weight excluding hydrogens is 1640 g/mol. The van der Waals surface area contributed by atoms with Crippen LogP contribution in [0.4, 0.5) is 0 Å². The highest BCUT2D eigenvalue weighted by Gasteiger charge is 2.26. The second-order valence-corrected chi connectivity index (χ2v) is 38.6. The molecule has 0 aromatic heterocycles. The summed E-state index contributed by atoms with van der Waals surface area (Å²) in [6, 6.07) is 15.5. The average Bonchev–Trinajstić information content (AvgIpc) is 0.794. The van der Waals surface area contributed by atoms with Crippen LogP contribution in [0.15, 0.2) is 48.5 Å². The highest BCUT2D eigenvalue weighted by atomic mass is 16.6. The minimum absolute atomic E-state index is 0.0112. The lowest BCUT2D eigenvalue weighted by molar-refractivity contribution is 0.0695. The van der Waals surface area contributed by atoms with Crippen molar-refractivity contribution >= 4 is 5.97 Å². The first-order valence-electron chi connectivity index (χ1n) is 56.6. The third-order valence-electron chi connectivity index (χ3n) is 25.9. The Kier molecular flexibility index (Phi) is 77.5. The fourth-order valence-corrected chi connectivity index (χ4v) is 17.5. The van der Waals surface area contributed by atoms with Crippen LogP contribution in [0, 0.1) is 0 Å². The van der Waals surface area contributed by atoms with E-state index in [0.717, 1.165) is 132 Å². The smallest absolute Gasteiger partial charge is 0.335 e. The summed E-state index contributed by atoms with van der Waals surface area (Å²) in [7, 11) is 0. The largest absolute Gasteiger partial charge is 0.490 e. The van der Waals surface area contributed by atoms with Crippen molar-refractivity contribution < 1.29 is 66.7 Å². The number of ether oxygens (including phenoxy) is 12. The zero-order valence-corrected chi connectivity index (χ0v) is 87.3. The van der Waals surface area contributed by atoms with Gasteiger partial charge in [0, 0.05) is 0 Å². The van der Waals surface area contributed by atoms with Gasteiger partial charge in [0.15, 0.2) is 46.0 Å². The Morgan fingerprint density at radius 1 is 0.167 bits per heavy atom. The van der Waals surface area contributed by atoms with Crippen LogP contribution in [0.2, 0.25) is 0 Å². The minimum Gasteiger partial charge on any atom is -0.490 e. The molecule has 0 bridgehead atoms. The molecule has 4 aromatic carbocycles. The molecule has 0 heterocycles. The number of benzene rings is 4. The first kappa shape index (κ1) is 118. The molecule has 14 nitrogen and oxygen atoms in total. The van der Waals surface area contributed by atoms with E-state index < -0.39 is 5.97 Å². The number of hydrogen-bond acceptors (Lipinski definition) is 13. The molecule has 4 aromatic rings. The van der Waals surface area contributed by atoms with Crippen LogP contribution in [-0.4, -0.2) is 70.5 Å². The van der Waals surface area contributed by atoms with Gasteiger partial charge < -0.3 is 61.9 Å². The first-order valence-corrected chi connectivity index (χ1v) is 56.6. The zero-order valence-electron chi connectivity index (χ0n) is 87.3. The maximum Gasteiger partial charge on any atom is 0.335 e. The molecule has 0 spiro atoms. The van der Waals surface area contributed by atoms with Gasteiger partial charge in [-0.25, -0.2) is 4.79 Å². The van der Waals surface area contributed by atoms with Crippen molar-refractivity contribution in [1.29, 1.82) is 0 Å². The fourth-order valence-electron chi connectivity index (χ4n) is 17.5. The number of unbranched alkanes of at least 4 members (excludes halogenated alkanes) is 63. The van der Waals surface area contributed by atoms with Crippen molar-refractivity contribution in [2.45, 2.75) is 544 Å². The van der Waals surface area contributed by atoms with E-state index in [1.165, 1.54) is 347 Å². The molecule has 0 aliphatic carbocycles. The van der Waals surface area contributed by atoms with Crippen LogP contribution >= 0.6 is 0 Å². The summed E-state index contributed by atoms with van der Waals surface area (Å²) in [6.45, 7) is 25.4. The highest BCUT2D eigenvalue weighted by Crippen LogP contribution is 2.47. The van der Waals surface area contributed by atoms with Crippen LogP contribution in [0.3, 0.4) is 0 Å². The van der Waals surface area contributed by atoms with E-state index >= 15 is 0 Å². The van der Waals surface area contributed by atoms with Gasteiger partial charge >= 0.3 is 5.97 Å². The molecule has 1 N–H and O–H groups in total. The van der Waals surface area contributed by atoms with Gasteiger partial charge in [0.1, 0.15) is 19.8 Å². The van der Waals surface area contributed by atoms with Gasteiger partial charge in [0.05, 0.1) is 65.0 Å². The molecular formula is C118H204O14. The van der Waals surface area contributed by atoms with Crippen molar-refractivity contribution in [2.75, 3.05) is 59.5 Å². The van der Waals surface area contributed by atoms with Crippen LogP contribution in [0.25, 0.3) is 0 Å². The summed E-state index contributed by atoms with van der Waals surface area (Å²) < 4.78 is 84.0. The third kappa shape index (κ3) is 60.5. The summed E-state index contributed by atoms with van der Waals surface area (Å²) in [4.78, 5) is 13.9. The van der Waals surface area contributed by atoms with Crippen molar-refractivity contribution in [1.82, 2.24) is 0 Å². The van der Waals surface area contributed by atoms with E-state index in [-0.39, 0.29) is 42.6 Å². The number of carboxylic acids is 1. The molecule has 14 heteroatoms. The Balaban J connectivity index is 2.01. The number of carboxylic acid groups (broad SMARTS) is 1. The Bertz CT molecular complexity index is 3000. The predicted molar refractivity (Wildman–Crippen MR) is 559 cm³/mol. The maximum absolute atomic E-state index is 13.9. The van der Waals surface area contributed by atoms with E-state index in [4.69, 9.17) is 56.8 Å². The number of carbonyl (C=O) groups is 1. The van der Waals surface area contributed by atoms with Gasteiger partial charge in [0.25, 0.3) is 0 Å². The van der Waals surface area contributed by atoms with Crippen LogP contribution in [0.1, 0.15) is 552 Å². The topological polar surface area (TPSA) is 148 Å². The van der Waals surface area contributed by atoms with Crippen molar-refractivity contribution in [3.63, 3.8) is 0 Å². The molecule has 0 atom stereocenters. The number of aromatic carboxylic acids is 1. The predicted octanol–water partition coefficient (Wildman–Crippen LogP) is 37.8. The summed E-state index contributed by atoms with van der Waals surface area (Å²) in [5.41, 5.74) is 2.34. The Labute approximate surface area is 811 Å². The molecule has 0 amide bonds. The molecule has 4 rings (SSSR count). The molecule has 132 heavy (non-hydrogen) atoms. The zero-order chi connectivity index (χ0) is 94.4. The Hall–Kier alpha value is -6.05. The summed E-state index contributed by atoms with van der Waals surface area (Å²) in [5, 5.41) is 11.3. The molecule has 0 fully saturated rings. The van der Waals surface area contributed by atoms with Gasteiger partial charge in [-0.3, -0.25) is 0 Å². The maximum atomic E-state index is 13.9. The van der Waals surface area contributed by atoms with Crippen molar-refractivity contribution in [2.24, 2.45) is 0 Å². The summed E-state index contributed by atoms with van der Waals surface area (Å²) >= 11 is 0. The lowest BCUT2D eigenvalue weighted by atomic mass is 10.1. The Morgan fingerprint density at radius 3 is 0.455 bits per heavy atom. The number of rotatable bonds is 100. The van der Waals surface area contributed by atoms with Gasteiger partial charge in [-0.05, 0) is 123 Å². The van der Waals surface area contributed by atoms with Gasteiger partial charge in [-0.1, -0.05) is 467 Å². The average molecular weight is 1850 g/mol. The SMILES string of the molecule is CCCCCCCCCCOc1cc(COc2cc(C(=O)O)cc(OCc3cc(OCCCCCCCCCC)c(OCCCCCCCCCC)c(OCCCCCCCCCC)c3)c2OCc2cc(OCCCCCCCCCC)c(OCCCCCCCCCC)c(OCCCCCCCCCC)c2)cc(OCCCCCCCCCC)c1OCCCCCCCCCC. The van der Waals surface area contributed by atoms with Gasteiger partial charge in [0.2, 0.25) is 23.0 Å². The molecule has 0 unspecified atom stereocenters. The van der Waals surface area contributed by atoms with E-state index in [1.807, 2.05) is 24.3 Å². The molecule has 0 aliphatic rings. The monoisotopic (exact) mass is 1850 g/mol.